The predicted octanol–water partition coefficient (Wildman–Crippen LogP) is 7.24. The smallest absolute Gasteiger partial charge is 0.0856 e. The third-order valence-corrected chi connectivity index (χ3v) is 18.2. The van der Waals surface area contributed by atoms with Gasteiger partial charge in [0, 0.05) is 22.6 Å². The Hall–Kier alpha value is 0.690. The molecule has 120 valence electrons. The van der Waals surface area contributed by atoms with Crippen molar-refractivity contribution in [2.45, 2.75) is 78.0 Å². The molecule has 0 radical (unpaired) electrons. The highest BCUT2D eigenvalue weighted by molar-refractivity contribution is 7.87. The third-order valence-electron chi connectivity index (χ3n) is 4.05. The minimum atomic E-state index is -1.63. The lowest BCUT2D eigenvalue weighted by Gasteiger charge is -2.41. The van der Waals surface area contributed by atoms with Gasteiger partial charge in [0.1, 0.15) is 0 Å². The summed E-state index contributed by atoms with van der Waals surface area (Å²) in [6, 6.07) is 0. The van der Waals surface area contributed by atoms with E-state index in [0.29, 0.717) is 22.6 Å². The Morgan fingerprint density at radius 2 is 0.800 bits per heavy atom. The Kier molecular flexibility index (Phi) is 5.68. The van der Waals surface area contributed by atoms with Crippen LogP contribution in [0.1, 0.15) is 55.4 Å². The van der Waals surface area contributed by atoms with Gasteiger partial charge in [-0.05, 0) is 13.3 Å². The molecule has 3 nitrogen and oxygen atoms in total. The van der Waals surface area contributed by atoms with Crippen molar-refractivity contribution in [2.75, 3.05) is 13.3 Å². The normalized spacial score (nSPS) is 23.7. The van der Waals surface area contributed by atoms with Gasteiger partial charge in [0.15, 0.2) is 0 Å². The zero-order valence-corrected chi connectivity index (χ0v) is 17.7. The first-order chi connectivity index (χ1) is 8.89. The van der Waals surface area contributed by atoms with Crippen molar-refractivity contribution in [3.8, 4) is 0 Å². The van der Waals surface area contributed by atoms with Gasteiger partial charge < -0.3 is 0 Å². The minimum absolute atomic E-state index is 0.550. The van der Waals surface area contributed by atoms with Gasteiger partial charge in [0.25, 0.3) is 0 Å². The molecule has 0 saturated heterocycles. The van der Waals surface area contributed by atoms with Crippen molar-refractivity contribution in [3.05, 3.63) is 0 Å². The molecule has 0 fully saturated rings. The van der Waals surface area contributed by atoms with E-state index >= 15 is 0 Å². The van der Waals surface area contributed by atoms with E-state index in [0.717, 1.165) is 0 Å². The molecule has 0 unspecified atom stereocenters. The van der Waals surface area contributed by atoms with Crippen LogP contribution in [-0.4, -0.2) is 36.0 Å². The van der Waals surface area contributed by atoms with Crippen LogP contribution in [0.5, 0.6) is 0 Å². The summed E-state index contributed by atoms with van der Waals surface area (Å²) in [5.74, 6) is 0. The Balaban J connectivity index is 3.87. The molecule has 0 N–H and O–H groups in total. The highest BCUT2D eigenvalue weighted by atomic mass is 31.3. The van der Waals surface area contributed by atoms with Crippen LogP contribution >= 0.6 is 21.6 Å². The SMILES string of the molecule is CC(C)P1(C(C)C)=NP(C)(C)=NP(C(C)C)(C(C)C)=N1. The van der Waals surface area contributed by atoms with E-state index in [1.807, 2.05) is 0 Å². The predicted molar refractivity (Wildman–Crippen MR) is 100 cm³/mol. The first-order valence-electron chi connectivity index (χ1n) is 7.75. The first kappa shape index (κ1) is 18.7. The fraction of sp³-hybridized carbons (Fsp3) is 1.00. The van der Waals surface area contributed by atoms with Crippen molar-refractivity contribution in [1.29, 1.82) is 0 Å². The molecule has 0 aromatic heterocycles. The standard InChI is InChI=1S/C14H34N3P3/c1-11(2)19(12(3)4)15-18(9,10)16-20(17-19,13(5)6)14(7)8/h11-14H,1-10H3. The van der Waals surface area contributed by atoms with Crippen molar-refractivity contribution in [1.82, 2.24) is 0 Å². The van der Waals surface area contributed by atoms with E-state index in [4.69, 9.17) is 13.5 Å². The zero-order chi connectivity index (χ0) is 15.9. The molecule has 0 atom stereocenters. The van der Waals surface area contributed by atoms with Crippen molar-refractivity contribution >= 4 is 21.6 Å². The van der Waals surface area contributed by atoms with E-state index in [2.05, 4.69) is 68.7 Å². The Bertz CT molecular complexity index is 478. The van der Waals surface area contributed by atoms with Crippen molar-refractivity contribution in [3.63, 3.8) is 0 Å². The summed E-state index contributed by atoms with van der Waals surface area (Å²) in [6.45, 7) is 23.2. The summed E-state index contributed by atoms with van der Waals surface area (Å²) in [6.07, 6.45) is 0. The number of hydrogen-bond donors (Lipinski definition) is 0. The van der Waals surface area contributed by atoms with Crippen LogP contribution in [-0.2, 0) is 0 Å². The molecule has 6 heteroatoms. The van der Waals surface area contributed by atoms with Gasteiger partial charge >= 0.3 is 0 Å². The molecule has 20 heavy (non-hydrogen) atoms. The van der Waals surface area contributed by atoms with Crippen LogP contribution in [0.15, 0.2) is 13.5 Å². The molecule has 1 aliphatic rings. The number of rotatable bonds is 4. The van der Waals surface area contributed by atoms with E-state index in [-0.39, 0.29) is 0 Å². The molecule has 0 saturated carbocycles. The second-order valence-electron chi connectivity index (χ2n) is 7.38. The second kappa shape index (κ2) is 6.06. The summed E-state index contributed by atoms with van der Waals surface area (Å²) in [7, 11) is -4.80. The highest BCUT2D eigenvalue weighted by Crippen LogP contribution is 2.81. The summed E-state index contributed by atoms with van der Waals surface area (Å²) < 4.78 is 16.2. The summed E-state index contributed by atoms with van der Waals surface area (Å²) in [4.78, 5) is 0. The van der Waals surface area contributed by atoms with Crippen LogP contribution in [0.25, 0.3) is 0 Å². The quantitative estimate of drug-likeness (QED) is 0.485. The van der Waals surface area contributed by atoms with E-state index in [1.165, 1.54) is 0 Å². The van der Waals surface area contributed by atoms with Gasteiger partial charge in [-0.25, -0.2) is 13.5 Å². The maximum absolute atomic E-state index is 5.56. The molecule has 0 aliphatic carbocycles. The molecule has 0 amide bonds. The fourth-order valence-corrected chi connectivity index (χ4v) is 20.8. The highest BCUT2D eigenvalue weighted by Gasteiger charge is 2.39. The van der Waals surface area contributed by atoms with Gasteiger partial charge in [0.2, 0.25) is 0 Å². The molecular formula is C14H34N3P3. The maximum atomic E-state index is 5.56. The Labute approximate surface area is 127 Å². The van der Waals surface area contributed by atoms with E-state index in [9.17, 15) is 0 Å². The Morgan fingerprint density at radius 3 is 1.10 bits per heavy atom. The number of hydrogen-bond acceptors (Lipinski definition) is 3. The number of nitrogens with zero attached hydrogens (tertiary/aromatic N) is 3. The van der Waals surface area contributed by atoms with Crippen LogP contribution < -0.4 is 0 Å². The van der Waals surface area contributed by atoms with E-state index < -0.39 is 21.6 Å². The van der Waals surface area contributed by atoms with Crippen LogP contribution in [0.4, 0.5) is 0 Å². The second-order valence-corrected chi connectivity index (χ2v) is 19.1. The lowest BCUT2D eigenvalue weighted by molar-refractivity contribution is 0.967. The van der Waals surface area contributed by atoms with Gasteiger partial charge in [-0.2, -0.15) is 0 Å². The summed E-state index contributed by atoms with van der Waals surface area (Å²) in [5.41, 5.74) is 2.20. The molecule has 0 bridgehead atoms. The van der Waals surface area contributed by atoms with Gasteiger partial charge in [-0.3, -0.25) is 0 Å². The third kappa shape index (κ3) is 3.21. The van der Waals surface area contributed by atoms with Crippen molar-refractivity contribution in [2.24, 2.45) is 13.5 Å². The molecular weight excluding hydrogens is 303 g/mol. The monoisotopic (exact) mass is 337 g/mol. The van der Waals surface area contributed by atoms with Gasteiger partial charge in [0.05, 0.1) is 21.6 Å². The fourth-order valence-electron chi connectivity index (χ4n) is 3.00. The minimum Gasteiger partial charge on any atom is -0.241 e. The zero-order valence-electron chi connectivity index (χ0n) is 15.0. The molecule has 0 spiro atoms. The molecule has 1 heterocycles. The molecule has 1 aliphatic heterocycles. The van der Waals surface area contributed by atoms with E-state index in [1.54, 1.807) is 0 Å². The molecule has 0 aromatic rings. The topological polar surface area (TPSA) is 37.1 Å². The van der Waals surface area contributed by atoms with Gasteiger partial charge in [-0.1, -0.05) is 55.4 Å². The van der Waals surface area contributed by atoms with Crippen LogP contribution in [0.3, 0.4) is 0 Å². The lowest BCUT2D eigenvalue weighted by atomic mass is 10.5. The lowest BCUT2D eigenvalue weighted by Crippen LogP contribution is -2.13. The van der Waals surface area contributed by atoms with Crippen molar-refractivity contribution < 1.29 is 0 Å². The van der Waals surface area contributed by atoms with Crippen LogP contribution in [0, 0.1) is 0 Å². The first-order valence-corrected chi connectivity index (χ1v) is 14.0. The van der Waals surface area contributed by atoms with Gasteiger partial charge in [-0.15, -0.1) is 0 Å². The Morgan fingerprint density at radius 1 is 0.500 bits per heavy atom. The summed E-state index contributed by atoms with van der Waals surface area (Å²) in [5, 5.41) is 0. The summed E-state index contributed by atoms with van der Waals surface area (Å²) >= 11 is 0. The molecule has 1 rings (SSSR count). The van der Waals surface area contributed by atoms with Crippen LogP contribution in [0.2, 0.25) is 0 Å². The average molecular weight is 337 g/mol. The maximum Gasteiger partial charge on any atom is 0.0856 e. The largest absolute Gasteiger partial charge is 0.241 e. The molecule has 0 aromatic carbocycles. The average Bonchev–Trinajstić information content (AvgIpc) is 2.25.